The second-order valence-corrected chi connectivity index (χ2v) is 7.11. The number of rotatable bonds is 3. The Kier molecular flexibility index (Phi) is 4.09. The number of hydrogen-bond donors (Lipinski definition) is 0. The minimum Gasteiger partial charge on any atom is -0.301 e. The van der Waals surface area contributed by atoms with Gasteiger partial charge in [0, 0.05) is 5.56 Å². The number of allylic oxidation sites excluding steroid dienone is 1. The summed E-state index contributed by atoms with van der Waals surface area (Å²) in [6.45, 7) is -0.200. The summed E-state index contributed by atoms with van der Waals surface area (Å²) in [7, 11) is 0. The first kappa shape index (κ1) is 17.5. The van der Waals surface area contributed by atoms with Crippen LogP contribution in [0.1, 0.15) is 16.7 Å². The molecule has 1 aliphatic rings. The fourth-order valence-corrected chi connectivity index (χ4v) is 3.79. The maximum absolute atomic E-state index is 14.9. The van der Waals surface area contributed by atoms with Gasteiger partial charge in [-0.2, -0.15) is 0 Å². The lowest BCUT2D eigenvalue weighted by molar-refractivity contribution is 0.545. The van der Waals surface area contributed by atoms with Crippen LogP contribution in [-0.2, 0) is 13.0 Å². The zero-order valence-electron chi connectivity index (χ0n) is 15.4. The highest BCUT2D eigenvalue weighted by Crippen LogP contribution is 2.29. The summed E-state index contributed by atoms with van der Waals surface area (Å²) >= 11 is 0. The molecule has 0 N–H and O–H groups in total. The van der Waals surface area contributed by atoms with Crippen molar-refractivity contribution in [1.29, 1.82) is 0 Å². The number of aromatic nitrogens is 2. The van der Waals surface area contributed by atoms with E-state index in [-0.39, 0.29) is 12.1 Å². The van der Waals surface area contributed by atoms with Crippen molar-refractivity contribution in [2.24, 2.45) is 0 Å². The number of nitrogens with zero attached hydrogens (tertiary/aromatic N) is 2. The van der Waals surface area contributed by atoms with E-state index in [1.807, 2.05) is 24.3 Å². The number of hydrogen-bond acceptors (Lipinski definition) is 2. The third kappa shape index (κ3) is 3.05. The van der Waals surface area contributed by atoms with Crippen molar-refractivity contribution >= 4 is 17.1 Å². The summed E-state index contributed by atoms with van der Waals surface area (Å²) in [5.74, 6) is -1.35. The van der Waals surface area contributed by atoms with Gasteiger partial charge in [0.1, 0.15) is 11.6 Å². The molecule has 29 heavy (non-hydrogen) atoms. The molecule has 0 saturated carbocycles. The molecule has 142 valence electrons. The van der Waals surface area contributed by atoms with Crippen LogP contribution in [0.2, 0.25) is 0 Å². The fraction of sp³-hybridized carbons (Fsp3) is 0.0833. The van der Waals surface area contributed by atoms with E-state index in [2.05, 4.69) is 11.1 Å². The van der Waals surface area contributed by atoms with Crippen LogP contribution in [-0.4, -0.2) is 9.55 Å². The van der Waals surface area contributed by atoms with Crippen LogP contribution in [0.4, 0.5) is 8.78 Å². The van der Waals surface area contributed by atoms with Gasteiger partial charge in [0.15, 0.2) is 0 Å². The molecular weight excluding hydrogens is 370 g/mol. The van der Waals surface area contributed by atoms with Gasteiger partial charge >= 0.3 is 0 Å². The lowest BCUT2D eigenvalue weighted by atomic mass is 9.98. The summed E-state index contributed by atoms with van der Waals surface area (Å²) in [4.78, 5) is 16.4. The van der Waals surface area contributed by atoms with Crippen molar-refractivity contribution in [1.82, 2.24) is 9.55 Å². The molecule has 5 rings (SSSR count). The summed E-state index contributed by atoms with van der Waals surface area (Å²) in [5.41, 5.74) is 4.10. The second kappa shape index (κ2) is 6.78. The highest BCUT2D eigenvalue weighted by molar-refractivity contribution is 5.74. The predicted molar refractivity (Wildman–Crippen MR) is 110 cm³/mol. The Morgan fingerprint density at radius 1 is 0.966 bits per heavy atom. The van der Waals surface area contributed by atoms with Crippen LogP contribution in [0.3, 0.4) is 0 Å². The Labute approximate surface area is 165 Å². The Hall–Kier alpha value is -3.60. The average Bonchev–Trinajstić information content (AvgIpc) is 3.19. The first-order chi connectivity index (χ1) is 14.1. The number of halogens is 2. The third-order valence-corrected chi connectivity index (χ3v) is 5.32. The van der Waals surface area contributed by atoms with Gasteiger partial charge in [-0.1, -0.05) is 42.5 Å². The molecule has 3 nitrogen and oxygen atoms in total. The van der Waals surface area contributed by atoms with Crippen LogP contribution in [0.15, 0.2) is 71.7 Å². The van der Waals surface area contributed by atoms with Crippen molar-refractivity contribution in [2.75, 3.05) is 0 Å². The van der Waals surface area contributed by atoms with Gasteiger partial charge in [-0.25, -0.2) is 13.8 Å². The molecule has 0 bridgehead atoms. The van der Waals surface area contributed by atoms with Crippen molar-refractivity contribution in [3.05, 3.63) is 106 Å². The molecule has 0 unspecified atom stereocenters. The molecule has 1 aromatic heterocycles. The molecule has 0 saturated heterocycles. The summed E-state index contributed by atoms with van der Waals surface area (Å²) in [6, 6.07) is 15.5. The maximum Gasteiger partial charge on any atom is 0.269 e. The minimum atomic E-state index is -0.675. The van der Waals surface area contributed by atoms with Gasteiger partial charge in [0.05, 0.1) is 23.8 Å². The second-order valence-electron chi connectivity index (χ2n) is 7.11. The van der Waals surface area contributed by atoms with E-state index < -0.39 is 17.2 Å². The first-order valence-electron chi connectivity index (χ1n) is 9.32. The lowest BCUT2D eigenvalue weighted by Gasteiger charge is -2.13. The van der Waals surface area contributed by atoms with E-state index in [0.29, 0.717) is 16.6 Å². The minimum absolute atomic E-state index is 0.143. The van der Waals surface area contributed by atoms with Crippen molar-refractivity contribution in [2.45, 2.75) is 13.0 Å². The van der Waals surface area contributed by atoms with Crippen molar-refractivity contribution in [3.8, 4) is 11.1 Å². The van der Waals surface area contributed by atoms with Gasteiger partial charge in [-0.3, -0.25) is 4.79 Å². The molecule has 3 aromatic carbocycles. The van der Waals surface area contributed by atoms with E-state index in [1.54, 1.807) is 24.3 Å². The topological polar surface area (TPSA) is 34.9 Å². The Bertz CT molecular complexity index is 1330. The predicted octanol–water partition coefficient (Wildman–Crippen LogP) is 4.96. The molecule has 0 amide bonds. The molecule has 0 aliphatic heterocycles. The normalized spacial score (nSPS) is 12.5. The molecule has 0 spiro atoms. The van der Waals surface area contributed by atoms with Crippen molar-refractivity contribution in [3.63, 3.8) is 0 Å². The van der Waals surface area contributed by atoms with E-state index in [4.69, 9.17) is 0 Å². The van der Waals surface area contributed by atoms with E-state index in [1.165, 1.54) is 22.9 Å². The van der Waals surface area contributed by atoms with Crippen LogP contribution in [0, 0.1) is 11.6 Å². The highest BCUT2D eigenvalue weighted by atomic mass is 19.1. The molecule has 4 aromatic rings. The molecule has 1 aliphatic carbocycles. The fourth-order valence-electron chi connectivity index (χ4n) is 3.79. The van der Waals surface area contributed by atoms with Gasteiger partial charge < -0.3 is 4.57 Å². The van der Waals surface area contributed by atoms with Crippen LogP contribution >= 0.6 is 0 Å². The molecule has 1 heterocycles. The number of fused-ring (bicyclic) bond motifs is 2. The smallest absolute Gasteiger partial charge is 0.269 e. The summed E-state index contributed by atoms with van der Waals surface area (Å²) in [6.07, 6.45) is 6.10. The van der Waals surface area contributed by atoms with Gasteiger partial charge in [-0.05, 0) is 52.9 Å². The Morgan fingerprint density at radius 2 is 1.76 bits per heavy atom. The molecular formula is C24H16F2N2O. The third-order valence-electron chi connectivity index (χ3n) is 5.32. The lowest BCUT2D eigenvalue weighted by Crippen LogP contribution is -2.22. The zero-order valence-corrected chi connectivity index (χ0v) is 15.4. The van der Waals surface area contributed by atoms with E-state index in [9.17, 15) is 13.6 Å². The zero-order chi connectivity index (χ0) is 20.0. The standard InChI is InChI=1S/C24H16F2N2O/c25-20-11-18(17-9-8-15-4-3-5-16(15)10-17)12-21(26)19(20)14-28-23-7-2-1-6-22(23)27-13-24(28)29/h1-4,6-13H,5,14H2. The number of benzene rings is 3. The van der Waals surface area contributed by atoms with Crippen LogP contribution in [0.5, 0.6) is 0 Å². The largest absolute Gasteiger partial charge is 0.301 e. The molecule has 0 radical (unpaired) electrons. The quantitative estimate of drug-likeness (QED) is 0.499. The van der Waals surface area contributed by atoms with E-state index in [0.717, 1.165) is 23.1 Å². The average molecular weight is 386 g/mol. The van der Waals surface area contributed by atoms with Gasteiger partial charge in [0.25, 0.3) is 5.56 Å². The molecule has 5 heteroatoms. The van der Waals surface area contributed by atoms with Gasteiger partial charge in [0.2, 0.25) is 0 Å². The van der Waals surface area contributed by atoms with Crippen LogP contribution in [0.25, 0.3) is 28.2 Å². The van der Waals surface area contributed by atoms with Gasteiger partial charge in [-0.15, -0.1) is 0 Å². The highest BCUT2D eigenvalue weighted by Gasteiger charge is 2.16. The SMILES string of the molecule is O=c1cnc2ccccc2n1Cc1c(F)cc(-c2ccc3c(c2)CC=C3)cc1F. The maximum atomic E-state index is 14.9. The van der Waals surface area contributed by atoms with E-state index >= 15 is 0 Å². The first-order valence-corrected chi connectivity index (χ1v) is 9.32. The summed E-state index contributed by atoms with van der Waals surface area (Å²) < 4.78 is 31.1. The summed E-state index contributed by atoms with van der Waals surface area (Å²) in [5, 5.41) is 0. The Morgan fingerprint density at radius 3 is 2.59 bits per heavy atom. The molecule has 0 atom stereocenters. The van der Waals surface area contributed by atoms with Crippen LogP contribution < -0.4 is 5.56 Å². The number of para-hydroxylation sites is 2. The molecule has 0 fully saturated rings. The monoisotopic (exact) mass is 386 g/mol. The Balaban J connectivity index is 1.57. The van der Waals surface area contributed by atoms with Crippen molar-refractivity contribution < 1.29 is 8.78 Å².